The molecule has 2 heterocycles. The van der Waals surface area contributed by atoms with E-state index in [1.54, 1.807) is 36.4 Å². The van der Waals surface area contributed by atoms with Crippen molar-refractivity contribution < 1.29 is 18.7 Å². The first-order valence-corrected chi connectivity index (χ1v) is 10.9. The van der Waals surface area contributed by atoms with E-state index in [9.17, 15) is 14.0 Å². The van der Waals surface area contributed by atoms with Crippen LogP contribution in [0.3, 0.4) is 0 Å². The minimum absolute atomic E-state index is 0.0265. The molecule has 4 rings (SSSR count). The molecule has 3 N–H and O–H groups in total. The topological polar surface area (TPSA) is 84.7 Å². The molecule has 2 aliphatic rings. The fourth-order valence-electron chi connectivity index (χ4n) is 4.57. The van der Waals surface area contributed by atoms with Crippen LogP contribution in [-0.4, -0.2) is 41.9 Å². The fourth-order valence-corrected chi connectivity index (χ4v) is 4.57. The lowest BCUT2D eigenvalue weighted by Gasteiger charge is -2.31. The third kappa shape index (κ3) is 4.71. The second-order valence-electron chi connectivity index (χ2n) is 8.16. The maximum absolute atomic E-state index is 13.6. The summed E-state index contributed by atoms with van der Waals surface area (Å²) in [6, 6.07) is 13.0. The second-order valence-corrected chi connectivity index (χ2v) is 8.16. The van der Waals surface area contributed by atoms with Gasteiger partial charge in [0.1, 0.15) is 11.6 Å². The van der Waals surface area contributed by atoms with E-state index in [1.165, 1.54) is 12.1 Å². The van der Waals surface area contributed by atoms with Crippen LogP contribution in [0.5, 0.6) is 5.75 Å². The molecular formula is C24H28FN3O3. The first-order valence-electron chi connectivity index (χ1n) is 10.9. The summed E-state index contributed by atoms with van der Waals surface area (Å²) >= 11 is 0. The molecular weight excluding hydrogens is 397 g/mol. The molecule has 2 saturated heterocycles. The largest absolute Gasteiger partial charge is 0.494 e. The van der Waals surface area contributed by atoms with Crippen LogP contribution >= 0.6 is 0 Å². The Labute approximate surface area is 181 Å². The van der Waals surface area contributed by atoms with Crippen molar-refractivity contribution in [1.82, 2.24) is 10.2 Å². The van der Waals surface area contributed by atoms with Crippen LogP contribution < -0.4 is 15.8 Å². The molecule has 31 heavy (non-hydrogen) atoms. The predicted octanol–water partition coefficient (Wildman–Crippen LogP) is 3.18. The van der Waals surface area contributed by atoms with Gasteiger partial charge < -0.3 is 20.7 Å². The zero-order valence-corrected chi connectivity index (χ0v) is 17.4. The maximum Gasteiger partial charge on any atom is 0.254 e. The van der Waals surface area contributed by atoms with E-state index in [4.69, 9.17) is 10.5 Å². The number of halogens is 1. The molecule has 0 saturated carbocycles. The molecule has 2 amide bonds. The summed E-state index contributed by atoms with van der Waals surface area (Å²) < 4.78 is 19.1. The van der Waals surface area contributed by atoms with Crippen LogP contribution in [0.4, 0.5) is 4.39 Å². The van der Waals surface area contributed by atoms with Gasteiger partial charge in [0.05, 0.1) is 24.7 Å². The fraction of sp³-hybridized carbons (Fsp3) is 0.417. The van der Waals surface area contributed by atoms with Crippen LogP contribution in [0, 0.1) is 5.82 Å². The Morgan fingerprint density at radius 1 is 1.16 bits per heavy atom. The molecule has 0 unspecified atom stereocenters. The highest BCUT2D eigenvalue weighted by molar-refractivity contribution is 5.95. The zero-order valence-electron chi connectivity index (χ0n) is 17.4. The lowest BCUT2D eigenvalue weighted by molar-refractivity contribution is -0.121. The molecule has 2 aromatic rings. The highest BCUT2D eigenvalue weighted by Crippen LogP contribution is 2.40. The van der Waals surface area contributed by atoms with Crippen LogP contribution in [0.1, 0.15) is 54.1 Å². The smallest absolute Gasteiger partial charge is 0.254 e. The van der Waals surface area contributed by atoms with E-state index in [0.717, 1.165) is 24.8 Å². The van der Waals surface area contributed by atoms with Crippen molar-refractivity contribution in [2.45, 2.75) is 50.2 Å². The third-order valence-electron chi connectivity index (χ3n) is 6.09. The SMILES string of the molecule is NCCCOc1ccc(C(=O)N2[C@H](c3ccc(F)cc3)C[C@H]3NC(=O)CCC[C@@H]32)cc1. The van der Waals surface area contributed by atoms with Gasteiger partial charge in [-0.2, -0.15) is 0 Å². The molecule has 2 aromatic carbocycles. The number of amides is 2. The summed E-state index contributed by atoms with van der Waals surface area (Å²) in [5.41, 5.74) is 6.93. The number of likely N-dealkylation sites (tertiary alicyclic amines) is 1. The Bertz CT molecular complexity index is 917. The van der Waals surface area contributed by atoms with Crippen molar-refractivity contribution in [3.8, 4) is 5.75 Å². The molecule has 0 spiro atoms. The summed E-state index contributed by atoms with van der Waals surface area (Å²) in [4.78, 5) is 27.6. The maximum atomic E-state index is 13.6. The van der Waals surface area contributed by atoms with Gasteiger partial charge in [-0.3, -0.25) is 9.59 Å². The summed E-state index contributed by atoms with van der Waals surface area (Å²) in [7, 11) is 0. The standard InChI is InChI=1S/C24H28FN3O3/c25-18-9-5-16(6-10-18)22-15-20-21(3-1-4-23(29)27-20)28(22)24(30)17-7-11-19(12-8-17)31-14-2-13-26/h5-12,20-22H,1-4,13-15,26H2,(H,27,29)/t20-,21+,22+/m1/s1. The van der Waals surface area contributed by atoms with Gasteiger partial charge in [0, 0.05) is 12.0 Å². The number of ether oxygens (including phenoxy) is 1. The van der Waals surface area contributed by atoms with E-state index in [2.05, 4.69) is 5.32 Å². The normalized spacial score (nSPS) is 23.1. The highest BCUT2D eigenvalue weighted by atomic mass is 19.1. The van der Waals surface area contributed by atoms with Gasteiger partial charge in [0.2, 0.25) is 5.91 Å². The van der Waals surface area contributed by atoms with Crippen LogP contribution in [0.15, 0.2) is 48.5 Å². The average Bonchev–Trinajstić information content (AvgIpc) is 3.01. The van der Waals surface area contributed by atoms with Crippen molar-refractivity contribution in [1.29, 1.82) is 0 Å². The summed E-state index contributed by atoms with van der Waals surface area (Å²) in [5, 5.41) is 3.09. The number of nitrogens with one attached hydrogen (secondary N) is 1. The van der Waals surface area contributed by atoms with Crippen LogP contribution in [-0.2, 0) is 4.79 Å². The quantitative estimate of drug-likeness (QED) is 0.697. The highest BCUT2D eigenvalue weighted by Gasteiger charge is 2.45. The van der Waals surface area contributed by atoms with Crippen molar-refractivity contribution in [2.75, 3.05) is 13.2 Å². The van der Waals surface area contributed by atoms with Gasteiger partial charge in [0.25, 0.3) is 5.91 Å². The van der Waals surface area contributed by atoms with E-state index >= 15 is 0 Å². The predicted molar refractivity (Wildman–Crippen MR) is 115 cm³/mol. The minimum Gasteiger partial charge on any atom is -0.494 e. The number of nitrogens with two attached hydrogens (primary N) is 1. The summed E-state index contributed by atoms with van der Waals surface area (Å²) in [5.74, 6) is 0.318. The Kier molecular flexibility index (Phi) is 6.51. The van der Waals surface area contributed by atoms with Crippen molar-refractivity contribution in [3.05, 3.63) is 65.5 Å². The van der Waals surface area contributed by atoms with E-state index in [0.29, 0.717) is 37.3 Å². The first-order chi connectivity index (χ1) is 15.1. The number of benzene rings is 2. The van der Waals surface area contributed by atoms with Crippen molar-refractivity contribution in [3.63, 3.8) is 0 Å². The van der Waals surface area contributed by atoms with Crippen molar-refractivity contribution >= 4 is 11.8 Å². The monoisotopic (exact) mass is 425 g/mol. The Morgan fingerprint density at radius 3 is 2.61 bits per heavy atom. The molecule has 0 aliphatic carbocycles. The van der Waals surface area contributed by atoms with E-state index in [-0.39, 0.29) is 35.8 Å². The molecule has 0 radical (unpaired) electrons. The van der Waals surface area contributed by atoms with Crippen LogP contribution in [0.25, 0.3) is 0 Å². The molecule has 164 valence electrons. The van der Waals surface area contributed by atoms with Gasteiger partial charge in [-0.1, -0.05) is 12.1 Å². The third-order valence-corrected chi connectivity index (χ3v) is 6.09. The van der Waals surface area contributed by atoms with Gasteiger partial charge in [0.15, 0.2) is 0 Å². The number of nitrogens with zero attached hydrogens (tertiary/aromatic N) is 1. The Morgan fingerprint density at radius 2 is 1.90 bits per heavy atom. The molecule has 0 aromatic heterocycles. The van der Waals surface area contributed by atoms with Crippen LogP contribution in [0.2, 0.25) is 0 Å². The molecule has 3 atom stereocenters. The van der Waals surface area contributed by atoms with E-state index in [1.807, 2.05) is 4.90 Å². The number of carbonyl (C=O) groups excluding carboxylic acids is 2. The molecule has 7 heteroatoms. The number of fused-ring (bicyclic) bond motifs is 1. The molecule has 0 bridgehead atoms. The summed E-state index contributed by atoms with van der Waals surface area (Å²) in [6.07, 6.45) is 3.36. The average molecular weight is 426 g/mol. The van der Waals surface area contributed by atoms with E-state index < -0.39 is 0 Å². The Balaban J connectivity index is 1.60. The van der Waals surface area contributed by atoms with Gasteiger partial charge in [-0.15, -0.1) is 0 Å². The molecule has 2 fully saturated rings. The first kappa shape index (κ1) is 21.3. The second kappa shape index (κ2) is 9.47. The summed E-state index contributed by atoms with van der Waals surface area (Å²) in [6.45, 7) is 1.10. The minimum atomic E-state index is -0.313. The van der Waals surface area contributed by atoms with Crippen molar-refractivity contribution in [2.24, 2.45) is 5.73 Å². The lowest BCUT2D eigenvalue weighted by Crippen LogP contribution is -2.45. The number of hydrogen-bond acceptors (Lipinski definition) is 4. The molecule has 6 nitrogen and oxygen atoms in total. The lowest BCUT2D eigenvalue weighted by atomic mass is 10.0. The molecule has 2 aliphatic heterocycles. The number of rotatable bonds is 6. The van der Waals surface area contributed by atoms with Gasteiger partial charge in [-0.25, -0.2) is 4.39 Å². The number of hydrogen-bond donors (Lipinski definition) is 2. The van der Waals surface area contributed by atoms with Gasteiger partial charge >= 0.3 is 0 Å². The zero-order chi connectivity index (χ0) is 21.8. The number of carbonyl (C=O) groups is 2. The van der Waals surface area contributed by atoms with Gasteiger partial charge in [-0.05, 0) is 74.2 Å². The Hall–Kier alpha value is -2.93.